The molecular weight excluding hydrogens is 308 g/mol. The van der Waals surface area contributed by atoms with Crippen LogP contribution in [-0.4, -0.2) is 35.5 Å². The Labute approximate surface area is 141 Å². The smallest absolute Gasteiger partial charge is 0.287 e. The van der Waals surface area contributed by atoms with E-state index in [4.69, 9.17) is 13.9 Å². The van der Waals surface area contributed by atoms with Crippen LogP contribution < -0.4 is 5.32 Å². The molecule has 1 fully saturated rings. The molecule has 0 unspecified atom stereocenters. The second-order valence-corrected chi connectivity index (χ2v) is 6.39. The minimum atomic E-state index is -0.132. The number of hydrogen-bond acceptors (Lipinski definition) is 5. The van der Waals surface area contributed by atoms with Crippen molar-refractivity contribution in [3.8, 4) is 0 Å². The Morgan fingerprint density at radius 1 is 1.29 bits per heavy atom. The highest BCUT2D eigenvalue weighted by atomic mass is 16.4. The average Bonchev–Trinajstić information content (AvgIpc) is 3.22. The predicted molar refractivity (Wildman–Crippen MR) is 88.4 cm³/mol. The van der Waals surface area contributed by atoms with Crippen LogP contribution in [0.4, 0.5) is 0 Å². The number of nitrogens with one attached hydrogen (secondary N) is 1. The van der Waals surface area contributed by atoms with Crippen molar-refractivity contribution in [2.45, 2.75) is 32.9 Å². The van der Waals surface area contributed by atoms with Gasteiger partial charge in [0.15, 0.2) is 5.76 Å². The van der Waals surface area contributed by atoms with Crippen molar-refractivity contribution >= 4 is 5.91 Å². The molecule has 1 aliphatic heterocycles. The van der Waals surface area contributed by atoms with E-state index in [0.29, 0.717) is 24.0 Å². The van der Waals surface area contributed by atoms with E-state index >= 15 is 0 Å². The minimum Gasteiger partial charge on any atom is -0.462 e. The number of aliphatic hydroxyl groups is 1. The molecule has 1 amide bonds. The van der Waals surface area contributed by atoms with Crippen LogP contribution in [0.5, 0.6) is 0 Å². The lowest BCUT2D eigenvalue weighted by Gasteiger charge is -2.31. The summed E-state index contributed by atoms with van der Waals surface area (Å²) in [7, 11) is 0. The molecule has 2 aromatic rings. The van der Waals surface area contributed by atoms with Crippen LogP contribution in [0.15, 0.2) is 33.3 Å². The lowest BCUT2D eigenvalue weighted by Crippen LogP contribution is -2.38. The number of rotatable bonds is 6. The number of hydrogen-bond donors (Lipinski definition) is 2. The molecule has 2 aromatic heterocycles. The number of furan rings is 2. The molecule has 1 aliphatic rings. The first-order valence-electron chi connectivity index (χ1n) is 8.39. The van der Waals surface area contributed by atoms with Gasteiger partial charge in [-0.25, -0.2) is 0 Å². The van der Waals surface area contributed by atoms with Crippen LogP contribution in [0.3, 0.4) is 0 Å². The van der Waals surface area contributed by atoms with Crippen molar-refractivity contribution in [2.75, 3.05) is 19.6 Å². The van der Waals surface area contributed by atoms with Crippen LogP contribution in [0.1, 0.15) is 40.5 Å². The van der Waals surface area contributed by atoms with Crippen molar-refractivity contribution < 1.29 is 18.7 Å². The number of aliphatic hydroxyl groups excluding tert-OH is 1. The number of amides is 1. The van der Waals surface area contributed by atoms with Gasteiger partial charge in [0.2, 0.25) is 0 Å². The number of piperidine rings is 1. The standard InChI is InChI=1S/C18H24N2O4/c1-13-6-9-23-17(13)18(22)19-10-14-4-7-20(8-5-14)11-15-2-3-16(12-21)24-15/h2-3,6,9,14,21H,4-5,7-8,10-12H2,1H3,(H,19,22). The average molecular weight is 332 g/mol. The lowest BCUT2D eigenvalue weighted by molar-refractivity contribution is 0.0905. The summed E-state index contributed by atoms with van der Waals surface area (Å²) in [5, 5.41) is 12.0. The highest BCUT2D eigenvalue weighted by molar-refractivity contribution is 5.92. The largest absolute Gasteiger partial charge is 0.462 e. The fourth-order valence-corrected chi connectivity index (χ4v) is 3.08. The van der Waals surface area contributed by atoms with Gasteiger partial charge in [-0.15, -0.1) is 0 Å². The Kier molecular flexibility index (Phi) is 5.37. The molecule has 0 atom stereocenters. The summed E-state index contributed by atoms with van der Waals surface area (Å²) in [5.74, 6) is 2.26. The number of carbonyl (C=O) groups excluding carboxylic acids is 1. The van der Waals surface area contributed by atoms with Gasteiger partial charge in [0, 0.05) is 12.1 Å². The Balaban J connectivity index is 1.40. The Morgan fingerprint density at radius 3 is 2.67 bits per heavy atom. The molecule has 0 aliphatic carbocycles. The third-order valence-corrected chi connectivity index (χ3v) is 4.58. The van der Waals surface area contributed by atoms with Gasteiger partial charge in [-0.2, -0.15) is 0 Å². The third-order valence-electron chi connectivity index (χ3n) is 4.58. The number of carbonyl (C=O) groups is 1. The van der Waals surface area contributed by atoms with Crippen molar-refractivity contribution in [1.29, 1.82) is 0 Å². The van der Waals surface area contributed by atoms with Crippen molar-refractivity contribution in [3.05, 3.63) is 47.3 Å². The van der Waals surface area contributed by atoms with Gasteiger partial charge in [0.05, 0.1) is 12.8 Å². The van der Waals surface area contributed by atoms with E-state index in [-0.39, 0.29) is 12.5 Å². The van der Waals surface area contributed by atoms with Crippen LogP contribution in [0, 0.1) is 12.8 Å². The molecule has 6 heteroatoms. The summed E-state index contributed by atoms with van der Waals surface area (Å²) in [6.07, 6.45) is 3.63. The van der Waals surface area contributed by atoms with Crippen LogP contribution >= 0.6 is 0 Å². The lowest BCUT2D eigenvalue weighted by atomic mass is 9.96. The SMILES string of the molecule is Cc1ccoc1C(=O)NCC1CCN(Cc2ccc(CO)o2)CC1. The topological polar surface area (TPSA) is 78.9 Å². The minimum absolute atomic E-state index is 0.0586. The zero-order valence-corrected chi connectivity index (χ0v) is 14.0. The highest BCUT2D eigenvalue weighted by Gasteiger charge is 2.21. The zero-order chi connectivity index (χ0) is 16.9. The Bertz CT molecular complexity index is 668. The van der Waals surface area contributed by atoms with Gasteiger partial charge < -0.3 is 19.3 Å². The van der Waals surface area contributed by atoms with E-state index in [1.54, 1.807) is 12.3 Å². The van der Waals surface area contributed by atoms with E-state index in [1.165, 1.54) is 0 Å². The molecule has 3 heterocycles. The normalized spacial score (nSPS) is 16.4. The number of likely N-dealkylation sites (tertiary alicyclic amines) is 1. The van der Waals surface area contributed by atoms with E-state index in [9.17, 15) is 4.79 Å². The Morgan fingerprint density at radius 2 is 2.04 bits per heavy atom. The second-order valence-electron chi connectivity index (χ2n) is 6.39. The first kappa shape index (κ1) is 16.8. The third kappa shape index (κ3) is 4.07. The summed E-state index contributed by atoms with van der Waals surface area (Å²) in [4.78, 5) is 14.4. The van der Waals surface area contributed by atoms with Crippen molar-refractivity contribution in [3.63, 3.8) is 0 Å². The molecule has 130 valence electrons. The van der Waals surface area contributed by atoms with E-state index < -0.39 is 0 Å². The maximum absolute atomic E-state index is 12.1. The molecule has 24 heavy (non-hydrogen) atoms. The van der Waals surface area contributed by atoms with Crippen molar-refractivity contribution in [2.24, 2.45) is 5.92 Å². The summed E-state index contributed by atoms with van der Waals surface area (Å²) < 4.78 is 10.7. The molecule has 0 bridgehead atoms. The predicted octanol–water partition coefficient (Wildman–Crippen LogP) is 2.32. The number of nitrogens with zero attached hydrogens (tertiary/aromatic N) is 1. The van der Waals surface area contributed by atoms with Crippen molar-refractivity contribution in [1.82, 2.24) is 10.2 Å². The molecule has 6 nitrogen and oxygen atoms in total. The monoisotopic (exact) mass is 332 g/mol. The maximum atomic E-state index is 12.1. The van der Waals surface area contributed by atoms with Crippen LogP contribution in [-0.2, 0) is 13.2 Å². The van der Waals surface area contributed by atoms with Gasteiger partial charge in [-0.1, -0.05) is 0 Å². The van der Waals surface area contributed by atoms with Gasteiger partial charge in [0.1, 0.15) is 18.1 Å². The summed E-state index contributed by atoms with van der Waals surface area (Å²) in [6.45, 7) is 5.22. The van der Waals surface area contributed by atoms with Gasteiger partial charge >= 0.3 is 0 Å². The summed E-state index contributed by atoms with van der Waals surface area (Å²) >= 11 is 0. The highest BCUT2D eigenvalue weighted by Crippen LogP contribution is 2.20. The van der Waals surface area contributed by atoms with Crippen LogP contribution in [0.2, 0.25) is 0 Å². The maximum Gasteiger partial charge on any atom is 0.287 e. The van der Waals surface area contributed by atoms with E-state index in [2.05, 4.69) is 10.2 Å². The van der Waals surface area contributed by atoms with Gasteiger partial charge in [-0.3, -0.25) is 9.69 Å². The second kappa shape index (κ2) is 7.68. The molecule has 0 radical (unpaired) electrons. The fraction of sp³-hybridized carbons (Fsp3) is 0.500. The first-order chi connectivity index (χ1) is 11.7. The molecule has 0 aromatic carbocycles. The van der Waals surface area contributed by atoms with Crippen LogP contribution in [0.25, 0.3) is 0 Å². The van der Waals surface area contributed by atoms with Gasteiger partial charge in [-0.05, 0) is 57.0 Å². The summed E-state index contributed by atoms with van der Waals surface area (Å²) in [5.41, 5.74) is 0.864. The zero-order valence-electron chi connectivity index (χ0n) is 14.0. The molecular formula is C18H24N2O4. The molecule has 3 rings (SSSR count). The van der Waals surface area contributed by atoms with Gasteiger partial charge in [0.25, 0.3) is 5.91 Å². The van der Waals surface area contributed by atoms with E-state index in [0.717, 1.165) is 43.8 Å². The fourth-order valence-electron chi connectivity index (χ4n) is 3.08. The molecule has 0 spiro atoms. The number of aryl methyl sites for hydroxylation is 1. The summed E-state index contributed by atoms with van der Waals surface area (Å²) in [6, 6.07) is 5.53. The molecule has 2 N–H and O–H groups in total. The first-order valence-corrected chi connectivity index (χ1v) is 8.39. The van der Waals surface area contributed by atoms with E-state index in [1.807, 2.05) is 19.1 Å². The molecule has 0 saturated carbocycles. The quantitative estimate of drug-likeness (QED) is 0.849. The Hall–Kier alpha value is -2.05. The molecule has 1 saturated heterocycles.